The number of rotatable bonds is 5. The molecule has 1 N–H and O–H groups in total. The summed E-state index contributed by atoms with van der Waals surface area (Å²) >= 11 is 5.86. The van der Waals surface area contributed by atoms with E-state index in [9.17, 15) is 19.7 Å². The lowest BCUT2D eigenvalue weighted by atomic mass is 10.2. The summed E-state index contributed by atoms with van der Waals surface area (Å²) in [7, 11) is 0. The highest BCUT2D eigenvalue weighted by atomic mass is 35.5. The molecular formula is C15H10ClN3O6. The second-order valence-electron chi connectivity index (χ2n) is 4.74. The lowest BCUT2D eigenvalue weighted by molar-refractivity contribution is -0.402. The summed E-state index contributed by atoms with van der Waals surface area (Å²) in [6, 6.07) is 8.22. The first-order valence-corrected chi connectivity index (χ1v) is 7.15. The molecule has 1 amide bonds. The molecule has 2 aromatic rings. The van der Waals surface area contributed by atoms with E-state index in [1.165, 1.54) is 25.1 Å². The molecule has 0 aliphatic heterocycles. The molecule has 0 bridgehead atoms. The Balaban J connectivity index is 1.99. The first kappa shape index (κ1) is 18.0. The summed E-state index contributed by atoms with van der Waals surface area (Å²) in [6.07, 6.45) is -1.20. The van der Waals surface area contributed by atoms with Gasteiger partial charge in [0.15, 0.2) is 6.10 Å². The maximum absolute atomic E-state index is 12.0. The molecule has 10 heteroatoms. The number of hydrogen-bond donors (Lipinski definition) is 1. The minimum atomic E-state index is -1.20. The molecule has 0 spiro atoms. The summed E-state index contributed by atoms with van der Waals surface area (Å²) in [5.74, 6) is -2.69. The van der Waals surface area contributed by atoms with Crippen molar-refractivity contribution in [2.75, 3.05) is 5.32 Å². The second kappa shape index (κ2) is 7.46. The number of carbonyl (C=O) groups is 2. The van der Waals surface area contributed by atoms with Crippen molar-refractivity contribution >= 4 is 35.0 Å². The van der Waals surface area contributed by atoms with Crippen LogP contribution in [0.15, 0.2) is 34.7 Å². The van der Waals surface area contributed by atoms with Crippen molar-refractivity contribution in [2.45, 2.75) is 13.0 Å². The van der Waals surface area contributed by atoms with Gasteiger partial charge in [0.2, 0.25) is 5.76 Å². The van der Waals surface area contributed by atoms with Gasteiger partial charge < -0.3 is 14.5 Å². The maximum Gasteiger partial charge on any atom is 0.433 e. The van der Waals surface area contributed by atoms with Crippen LogP contribution in [0.4, 0.5) is 11.6 Å². The van der Waals surface area contributed by atoms with Crippen molar-refractivity contribution in [1.82, 2.24) is 0 Å². The Morgan fingerprint density at radius 3 is 2.68 bits per heavy atom. The number of esters is 1. The van der Waals surface area contributed by atoms with Crippen LogP contribution in [0.5, 0.6) is 0 Å². The zero-order valence-corrected chi connectivity index (χ0v) is 13.4. The van der Waals surface area contributed by atoms with Crippen LogP contribution in [0, 0.1) is 21.4 Å². The van der Waals surface area contributed by atoms with Gasteiger partial charge in [-0.25, -0.2) is 4.79 Å². The third-order valence-corrected chi connectivity index (χ3v) is 3.30. The minimum Gasteiger partial charge on any atom is -0.447 e. The normalized spacial score (nSPS) is 11.2. The number of carbonyl (C=O) groups excluding carboxylic acids is 2. The predicted octanol–water partition coefficient (Wildman–Crippen LogP) is 2.90. The molecule has 1 heterocycles. The van der Waals surface area contributed by atoms with Crippen molar-refractivity contribution in [3.8, 4) is 6.07 Å². The topological polar surface area (TPSA) is 135 Å². The molecule has 1 unspecified atom stereocenters. The number of benzene rings is 1. The number of nitrogens with zero attached hydrogens (tertiary/aromatic N) is 2. The SMILES string of the molecule is CC(OC(=O)c1ccc([N+](=O)[O-])o1)C(=O)Nc1ccc(C#N)c(Cl)c1. The standard InChI is InChI=1S/C15H10ClN3O6/c1-8(24-15(21)12-4-5-13(25-12)19(22)23)14(20)18-10-3-2-9(7-17)11(16)6-10/h2-6,8H,1H3,(H,18,20). The van der Waals surface area contributed by atoms with Crippen LogP contribution in [0.1, 0.15) is 23.0 Å². The van der Waals surface area contributed by atoms with Gasteiger partial charge in [0.1, 0.15) is 11.0 Å². The van der Waals surface area contributed by atoms with Crippen molar-refractivity contribution in [1.29, 1.82) is 5.26 Å². The number of halogens is 1. The molecule has 0 fully saturated rings. The monoisotopic (exact) mass is 363 g/mol. The van der Waals surface area contributed by atoms with Crippen LogP contribution in [0.3, 0.4) is 0 Å². The van der Waals surface area contributed by atoms with Crippen molar-refractivity contribution in [3.05, 3.63) is 56.8 Å². The van der Waals surface area contributed by atoms with Gasteiger partial charge in [-0.15, -0.1) is 0 Å². The Hall–Kier alpha value is -3.38. The van der Waals surface area contributed by atoms with E-state index < -0.39 is 34.5 Å². The van der Waals surface area contributed by atoms with E-state index in [1.807, 2.05) is 6.07 Å². The fourth-order valence-corrected chi connectivity index (χ4v) is 1.96. The van der Waals surface area contributed by atoms with Gasteiger partial charge >= 0.3 is 11.9 Å². The van der Waals surface area contributed by atoms with Crippen molar-refractivity contribution in [2.24, 2.45) is 0 Å². The Bertz CT molecular complexity index is 886. The van der Waals surface area contributed by atoms with Gasteiger partial charge in [0, 0.05) is 5.69 Å². The van der Waals surface area contributed by atoms with Crippen molar-refractivity contribution < 1.29 is 23.7 Å². The van der Waals surface area contributed by atoms with E-state index in [-0.39, 0.29) is 10.6 Å². The van der Waals surface area contributed by atoms with Gasteiger partial charge in [0.25, 0.3) is 5.91 Å². The van der Waals surface area contributed by atoms with Gasteiger partial charge in [-0.3, -0.25) is 14.9 Å². The molecule has 0 saturated carbocycles. The molecular weight excluding hydrogens is 354 g/mol. The van der Waals surface area contributed by atoms with Crippen LogP contribution in [-0.2, 0) is 9.53 Å². The molecule has 0 aliphatic carbocycles. The number of nitriles is 1. The summed E-state index contributed by atoms with van der Waals surface area (Å²) in [6.45, 7) is 1.32. The number of nitrogens with one attached hydrogen (secondary N) is 1. The Morgan fingerprint density at radius 1 is 1.40 bits per heavy atom. The summed E-state index contributed by atoms with van der Waals surface area (Å²) < 4.78 is 9.58. The van der Waals surface area contributed by atoms with Crippen LogP contribution in [0.2, 0.25) is 5.02 Å². The van der Waals surface area contributed by atoms with Gasteiger partial charge in [-0.05, 0) is 31.2 Å². The lowest BCUT2D eigenvalue weighted by Gasteiger charge is -2.13. The third-order valence-electron chi connectivity index (χ3n) is 2.98. The summed E-state index contributed by atoms with van der Waals surface area (Å²) in [4.78, 5) is 33.5. The molecule has 1 aromatic carbocycles. The van der Waals surface area contributed by atoms with E-state index in [0.29, 0.717) is 5.69 Å². The van der Waals surface area contributed by atoms with E-state index in [2.05, 4.69) is 5.32 Å². The zero-order chi connectivity index (χ0) is 18.6. The number of nitro groups is 1. The minimum absolute atomic E-state index is 0.160. The van der Waals surface area contributed by atoms with Gasteiger partial charge in [0.05, 0.1) is 16.7 Å². The highest BCUT2D eigenvalue weighted by Gasteiger charge is 2.23. The first-order valence-electron chi connectivity index (χ1n) is 6.77. The lowest BCUT2D eigenvalue weighted by Crippen LogP contribution is -2.29. The molecule has 0 radical (unpaired) electrons. The number of ether oxygens (including phenoxy) is 1. The average molecular weight is 364 g/mol. The van der Waals surface area contributed by atoms with E-state index in [1.54, 1.807) is 0 Å². The fraction of sp³-hybridized carbons (Fsp3) is 0.133. The van der Waals surface area contributed by atoms with Crippen molar-refractivity contribution in [3.63, 3.8) is 0 Å². The fourth-order valence-electron chi connectivity index (χ4n) is 1.74. The molecule has 1 atom stereocenters. The van der Waals surface area contributed by atoms with Crippen LogP contribution in [0.25, 0.3) is 0 Å². The van der Waals surface area contributed by atoms with E-state index in [4.69, 9.17) is 26.0 Å². The van der Waals surface area contributed by atoms with E-state index in [0.717, 1.165) is 12.1 Å². The smallest absolute Gasteiger partial charge is 0.433 e. The summed E-state index contributed by atoms with van der Waals surface area (Å²) in [5, 5.41) is 21.9. The Labute approximate surface area is 145 Å². The number of anilines is 1. The van der Waals surface area contributed by atoms with Crippen LogP contribution in [-0.4, -0.2) is 22.9 Å². The molecule has 1 aromatic heterocycles. The summed E-state index contributed by atoms with van der Waals surface area (Å²) in [5.41, 5.74) is 0.559. The highest BCUT2D eigenvalue weighted by Crippen LogP contribution is 2.21. The first-order chi connectivity index (χ1) is 11.8. The molecule has 25 heavy (non-hydrogen) atoms. The van der Waals surface area contributed by atoms with E-state index >= 15 is 0 Å². The molecule has 2 rings (SSSR count). The van der Waals surface area contributed by atoms with Crippen LogP contribution >= 0.6 is 11.6 Å². The maximum atomic E-state index is 12.0. The zero-order valence-electron chi connectivity index (χ0n) is 12.7. The second-order valence-corrected chi connectivity index (χ2v) is 5.15. The largest absolute Gasteiger partial charge is 0.447 e. The van der Waals surface area contributed by atoms with Gasteiger partial charge in [-0.2, -0.15) is 5.26 Å². The number of furan rings is 1. The average Bonchev–Trinajstić information content (AvgIpc) is 3.05. The third kappa shape index (κ3) is 4.33. The number of amides is 1. The predicted molar refractivity (Wildman–Crippen MR) is 85.0 cm³/mol. The molecule has 0 aliphatic rings. The molecule has 9 nitrogen and oxygen atoms in total. The quantitative estimate of drug-likeness (QED) is 0.490. The number of hydrogen-bond acceptors (Lipinski definition) is 7. The Kier molecular flexibility index (Phi) is 5.36. The van der Waals surface area contributed by atoms with Gasteiger partial charge in [-0.1, -0.05) is 11.6 Å². The molecule has 0 saturated heterocycles. The molecule has 128 valence electrons. The Morgan fingerprint density at radius 2 is 2.12 bits per heavy atom. The van der Waals surface area contributed by atoms with Crippen LogP contribution < -0.4 is 5.32 Å². The highest BCUT2D eigenvalue weighted by molar-refractivity contribution is 6.32.